The molecule has 1 aromatic carbocycles. The van der Waals surface area contributed by atoms with Crippen molar-refractivity contribution in [3.05, 3.63) is 33.8 Å². The number of hydrogen-bond donors (Lipinski definition) is 1. The van der Waals surface area contributed by atoms with E-state index in [2.05, 4.69) is 40.1 Å². The molecule has 104 valence electrons. The van der Waals surface area contributed by atoms with E-state index < -0.39 is 0 Å². The molecule has 0 spiro atoms. The summed E-state index contributed by atoms with van der Waals surface area (Å²) in [5.41, 5.74) is 1.83. The molecule has 1 fully saturated rings. The number of hydrogen-bond acceptors (Lipinski definition) is 2. The maximum atomic E-state index is 12.3. The second kappa shape index (κ2) is 6.06. The number of likely N-dealkylation sites (tertiary alicyclic amines) is 1. The number of carbonyl (C=O) groups is 1. The van der Waals surface area contributed by atoms with Gasteiger partial charge in [-0.2, -0.15) is 0 Å². The summed E-state index contributed by atoms with van der Waals surface area (Å²) in [6.45, 7) is 5.25. The Bertz CT molecular complexity index is 455. The van der Waals surface area contributed by atoms with Gasteiger partial charge in [0.1, 0.15) is 0 Å². The van der Waals surface area contributed by atoms with Crippen LogP contribution < -0.4 is 5.32 Å². The molecule has 4 heteroatoms. The van der Waals surface area contributed by atoms with Crippen molar-refractivity contribution < 1.29 is 4.79 Å². The van der Waals surface area contributed by atoms with Crippen LogP contribution >= 0.6 is 15.9 Å². The quantitative estimate of drug-likeness (QED) is 0.907. The minimum absolute atomic E-state index is 0.0335. The van der Waals surface area contributed by atoms with Gasteiger partial charge in [-0.05, 0) is 57.5 Å². The maximum absolute atomic E-state index is 12.3. The molecule has 19 heavy (non-hydrogen) atoms. The van der Waals surface area contributed by atoms with Gasteiger partial charge in [0.2, 0.25) is 0 Å². The Kier molecular flexibility index (Phi) is 4.63. The van der Waals surface area contributed by atoms with E-state index >= 15 is 0 Å². The van der Waals surface area contributed by atoms with E-state index in [0.29, 0.717) is 6.04 Å². The van der Waals surface area contributed by atoms with E-state index in [1.165, 1.54) is 0 Å². The molecule has 1 aliphatic rings. The van der Waals surface area contributed by atoms with Gasteiger partial charge in [0, 0.05) is 28.7 Å². The number of amides is 1. The van der Waals surface area contributed by atoms with Crippen LogP contribution in [0.1, 0.15) is 35.7 Å². The van der Waals surface area contributed by atoms with Crippen molar-refractivity contribution in [1.29, 1.82) is 0 Å². The van der Waals surface area contributed by atoms with Gasteiger partial charge in [-0.15, -0.1) is 0 Å². The van der Waals surface area contributed by atoms with Crippen molar-refractivity contribution in [1.82, 2.24) is 10.2 Å². The monoisotopic (exact) mass is 324 g/mol. The van der Waals surface area contributed by atoms with Gasteiger partial charge >= 0.3 is 0 Å². The highest BCUT2D eigenvalue weighted by Gasteiger charge is 2.24. The molecule has 0 aliphatic carbocycles. The lowest BCUT2D eigenvalue weighted by atomic mass is 9.98. The summed E-state index contributed by atoms with van der Waals surface area (Å²) in [7, 11) is 2.14. The fourth-order valence-electron chi connectivity index (χ4n) is 2.56. The van der Waals surface area contributed by atoms with Gasteiger partial charge in [-0.3, -0.25) is 4.79 Å². The van der Waals surface area contributed by atoms with Gasteiger partial charge in [0.05, 0.1) is 0 Å². The Labute approximate surface area is 123 Å². The standard InChI is InChI=1S/C15H21BrN2O/c1-10-6-12(9-13(16)7-10)15(19)17-14-4-5-18(3)11(2)8-14/h6-7,9,11,14H,4-5,8H2,1-3H3,(H,17,19). The Morgan fingerprint density at radius 2 is 2.16 bits per heavy atom. The van der Waals surface area contributed by atoms with Crippen molar-refractivity contribution in [3.8, 4) is 0 Å². The SMILES string of the molecule is Cc1cc(Br)cc(C(=O)NC2CCN(C)C(C)C2)c1. The maximum Gasteiger partial charge on any atom is 0.251 e. The minimum atomic E-state index is 0.0335. The summed E-state index contributed by atoms with van der Waals surface area (Å²) in [5.74, 6) is 0.0335. The average Bonchev–Trinajstić information content (AvgIpc) is 2.32. The minimum Gasteiger partial charge on any atom is -0.349 e. The van der Waals surface area contributed by atoms with Gasteiger partial charge < -0.3 is 10.2 Å². The molecular formula is C15H21BrN2O. The van der Waals surface area contributed by atoms with Crippen LogP contribution in [-0.4, -0.2) is 36.5 Å². The predicted molar refractivity (Wildman–Crippen MR) is 81.5 cm³/mol. The zero-order chi connectivity index (χ0) is 14.0. The van der Waals surface area contributed by atoms with Crippen molar-refractivity contribution in [3.63, 3.8) is 0 Å². The van der Waals surface area contributed by atoms with E-state index in [-0.39, 0.29) is 11.9 Å². The van der Waals surface area contributed by atoms with Crippen LogP contribution in [0.3, 0.4) is 0 Å². The lowest BCUT2D eigenvalue weighted by Crippen LogP contribution is -2.47. The van der Waals surface area contributed by atoms with Crippen LogP contribution in [0, 0.1) is 6.92 Å². The Hall–Kier alpha value is -0.870. The molecule has 2 atom stereocenters. The largest absolute Gasteiger partial charge is 0.349 e. The van der Waals surface area contributed by atoms with Crippen molar-refractivity contribution >= 4 is 21.8 Å². The summed E-state index contributed by atoms with van der Waals surface area (Å²) >= 11 is 3.44. The predicted octanol–water partition coefficient (Wildman–Crippen LogP) is 2.97. The number of rotatable bonds is 2. The first-order valence-corrected chi connectivity index (χ1v) is 7.53. The number of nitrogens with one attached hydrogen (secondary N) is 1. The Morgan fingerprint density at radius 3 is 2.79 bits per heavy atom. The fraction of sp³-hybridized carbons (Fsp3) is 0.533. The molecule has 1 saturated heterocycles. The highest BCUT2D eigenvalue weighted by Crippen LogP contribution is 2.18. The summed E-state index contributed by atoms with van der Waals surface area (Å²) < 4.78 is 0.953. The van der Waals surface area contributed by atoms with Crippen LogP contribution in [0.4, 0.5) is 0 Å². The molecule has 0 saturated carbocycles. The summed E-state index contributed by atoms with van der Waals surface area (Å²) in [4.78, 5) is 14.6. The van der Waals surface area contributed by atoms with Crippen LogP contribution in [0.5, 0.6) is 0 Å². The van der Waals surface area contributed by atoms with Gasteiger partial charge in [0.25, 0.3) is 5.91 Å². The number of aryl methyl sites for hydroxylation is 1. The molecule has 3 nitrogen and oxygen atoms in total. The van der Waals surface area contributed by atoms with Crippen LogP contribution in [0.2, 0.25) is 0 Å². The number of nitrogens with zero attached hydrogens (tertiary/aromatic N) is 1. The second-order valence-corrected chi connectivity index (χ2v) is 6.46. The van der Waals surface area contributed by atoms with Crippen LogP contribution in [0.25, 0.3) is 0 Å². The normalized spacial score (nSPS) is 24.2. The molecular weight excluding hydrogens is 304 g/mol. The molecule has 0 bridgehead atoms. The first kappa shape index (κ1) is 14.5. The summed E-state index contributed by atoms with van der Waals surface area (Å²) in [5, 5.41) is 3.15. The zero-order valence-corrected chi connectivity index (χ0v) is 13.3. The molecule has 0 radical (unpaired) electrons. The Morgan fingerprint density at radius 1 is 1.42 bits per heavy atom. The molecule has 1 amide bonds. The van der Waals surface area contributed by atoms with Crippen molar-refractivity contribution in [2.75, 3.05) is 13.6 Å². The Balaban J connectivity index is 2.01. The van der Waals surface area contributed by atoms with Crippen molar-refractivity contribution in [2.24, 2.45) is 0 Å². The summed E-state index contributed by atoms with van der Waals surface area (Å²) in [6, 6.07) is 6.63. The summed E-state index contributed by atoms with van der Waals surface area (Å²) in [6.07, 6.45) is 2.05. The highest BCUT2D eigenvalue weighted by atomic mass is 79.9. The topological polar surface area (TPSA) is 32.3 Å². The lowest BCUT2D eigenvalue weighted by molar-refractivity contribution is 0.0896. The number of halogens is 1. The molecule has 1 heterocycles. The highest BCUT2D eigenvalue weighted by molar-refractivity contribution is 9.10. The average molecular weight is 325 g/mol. The van der Waals surface area contributed by atoms with Crippen molar-refractivity contribution in [2.45, 2.75) is 38.8 Å². The molecule has 0 aromatic heterocycles. The first-order valence-electron chi connectivity index (χ1n) is 6.74. The molecule has 2 unspecified atom stereocenters. The van der Waals surface area contributed by atoms with Crippen LogP contribution in [0.15, 0.2) is 22.7 Å². The lowest BCUT2D eigenvalue weighted by Gasteiger charge is -2.35. The first-order chi connectivity index (χ1) is 8.95. The van der Waals surface area contributed by atoms with E-state index in [0.717, 1.165) is 35.0 Å². The van der Waals surface area contributed by atoms with Gasteiger partial charge in [0.15, 0.2) is 0 Å². The van der Waals surface area contributed by atoms with E-state index in [4.69, 9.17) is 0 Å². The number of piperidine rings is 1. The van der Waals surface area contributed by atoms with E-state index in [1.54, 1.807) is 0 Å². The van der Waals surface area contributed by atoms with E-state index in [1.807, 2.05) is 25.1 Å². The number of carbonyl (C=O) groups excluding carboxylic acids is 1. The molecule has 2 rings (SSSR count). The smallest absolute Gasteiger partial charge is 0.251 e. The van der Waals surface area contributed by atoms with Crippen LogP contribution in [-0.2, 0) is 0 Å². The molecule has 1 N–H and O–H groups in total. The molecule has 1 aliphatic heterocycles. The third-order valence-electron chi connectivity index (χ3n) is 3.85. The third kappa shape index (κ3) is 3.80. The molecule has 1 aromatic rings. The zero-order valence-electron chi connectivity index (χ0n) is 11.7. The van der Waals surface area contributed by atoms with Gasteiger partial charge in [-0.1, -0.05) is 15.9 Å². The van der Waals surface area contributed by atoms with Gasteiger partial charge in [-0.25, -0.2) is 0 Å². The third-order valence-corrected chi connectivity index (χ3v) is 4.31. The second-order valence-electron chi connectivity index (χ2n) is 5.54. The fourth-order valence-corrected chi connectivity index (χ4v) is 3.16. The van der Waals surface area contributed by atoms with E-state index in [9.17, 15) is 4.79 Å². The number of benzene rings is 1.